The minimum Gasteiger partial charge on any atom is -0.373 e. The molecule has 6 aliphatic rings. The van der Waals surface area contributed by atoms with E-state index in [1.165, 1.54) is 30.6 Å². The van der Waals surface area contributed by atoms with Crippen molar-refractivity contribution in [3.63, 3.8) is 0 Å². The van der Waals surface area contributed by atoms with Gasteiger partial charge in [-0.15, -0.1) is 0 Å². The summed E-state index contributed by atoms with van der Waals surface area (Å²) in [5.41, 5.74) is 4.35. The van der Waals surface area contributed by atoms with E-state index in [-0.39, 0.29) is 17.4 Å². The molecule has 5 heterocycles. The second-order valence-electron chi connectivity index (χ2n) is 8.78. The largest absolute Gasteiger partial charge is 0.373 e. The molecule has 4 nitrogen and oxygen atoms in total. The van der Waals surface area contributed by atoms with Crippen molar-refractivity contribution in [1.29, 1.82) is 0 Å². The lowest BCUT2D eigenvalue weighted by atomic mass is 9.53. The van der Waals surface area contributed by atoms with E-state index in [1.54, 1.807) is 5.57 Å². The maximum Gasteiger partial charge on any atom is 0.229 e. The van der Waals surface area contributed by atoms with Crippen LogP contribution in [0.2, 0.25) is 0 Å². The summed E-state index contributed by atoms with van der Waals surface area (Å²) in [6.07, 6.45) is 5.43. The van der Waals surface area contributed by atoms with Gasteiger partial charge in [0.2, 0.25) is 5.91 Å². The van der Waals surface area contributed by atoms with Crippen LogP contribution in [0.1, 0.15) is 24.8 Å². The smallest absolute Gasteiger partial charge is 0.229 e. The number of fused-ring (bicyclic) bond motifs is 2. The fraction of sp³-hybridized carbons (Fsp3) is 0.571. The molecule has 0 unspecified atom stereocenters. The number of hydrogen-bond acceptors (Lipinski definition) is 3. The Balaban J connectivity index is 1.55. The van der Waals surface area contributed by atoms with Crippen LogP contribution >= 0.6 is 0 Å². The van der Waals surface area contributed by atoms with Gasteiger partial charge in [0.1, 0.15) is 0 Å². The predicted octanol–water partition coefficient (Wildman–Crippen LogP) is 2.09. The Kier molecular flexibility index (Phi) is 2.27. The highest BCUT2D eigenvalue weighted by Crippen LogP contribution is 2.65. The first kappa shape index (κ1) is 13.5. The zero-order valence-electron chi connectivity index (χ0n) is 14.2. The first-order valence-electron chi connectivity index (χ1n) is 9.75. The third-order valence-corrected chi connectivity index (χ3v) is 8.22. The van der Waals surface area contributed by atoms with Crippen LogP contribution in [0.3, 0.4) is 0 Å². The van der Waals surface area contributed by atoms with Crippen molar-refractivity contribution in [2.24, 2.45) is 11.8 Å². The number of rotatable bonds is 0. The summed E-state index contributed by atoms with van der Waals surface area (Å²) < 4.78 is 6.25. The van der Waals surface area contributed by atoms with Crippen LogP contribution < -0.4 is 4.90 Å². The molecule has 2 bridgehead atoms. The summed E-state index contributed by atoms with van der Waals surface area (Å²) in [7, 11) is 0. The highest BCUT2D eigenvalue weighted by atomic mass is 16.5. The van der Waals surface area contributed by atoms with Crippen molar-refractivity contribution in [3.8, 4) is 0 Å². The van der Waals surface area contributed by atoms with E-state index in [0.29, 0.717) is 36.9 Å². The molecule has 0 N–H and O–H groups in total. The highest BCUT2D eigenvalue weighted by molar-refractivity contribution is 5.99. The maximum atomic E-state index is 13.2. The van der Waals surface area contributed by atoms with Gasteiger partial charge >= 0.3 is 0 Å². The lowest BCUT2D eigenvalue weighted by Gasteiger charge is -2.58. The van der Waals surface area contributed by atoms with Crippen LogP contribution in [0.15, 0.2) is 35.9 Å². The first-order valence-corrected chi connectivity index (χ1v) is 9.75. The van der Waals surface area contributed by atoms with E-state index in [2.05, 4.69) is 40.1 Å². The van der Waals surface area contributed by atoms with Crippen LogP contribution in [0.5, 0.6) is 0 Å². The van der Waals surface area contributed by atoms with Crippen molar-refractivity contribution in [3.05, 3.63) is 41.5 Å². The molecule has 1 amide bonds. The van der Waals surface area contributed by atoms with Crippen molar-refractivity contribution < 1.29 is 9.53 Å². The molecule has 1 aliphatic carbocycles. The Labute approximate surface area is 147 Å². The van der Waals surface area contributed by atoms with Crippen molar-refractivity contribution >= 4 is 11.6 Å². The number of carbonyl (C=O) groups is 1. The molecule has 1 aromatic rings. The summed E-state index contributed by atoms with van der Waals surface area (Å²) in [5, 5.41) is 0. The predicted molar refractivity (Wildman–Crippen MR) is 93.4 cm³/mol. The van der Waals surface area contributed by atoms with E-state index >= 15 is 0 Å². The molecule has 128 valence electrons. The Bertz CT molecular complexity index is 848. The van der Waals surface area contributed by atoms with Crippen LogP contribution in [-0.2, 0) is 14.9 Å². The number of nitrogens with zero attached hydrogens (tertiary/aromatic N) is 2. The second-order valence-corrected chi connectivity index (χ2v) is 8.78. The third-order valence-electron chi connectivity index (χ3n) is 8.22. The Morgan fingerprint density at radius 2 is 2.16 bits per heavy atom. The zero-order valence-corrected chi connectivity index (χ0v) is 14.2. The molecule has 4 fully saturated rings. The van der Waals surface area contributed by atoms with E-state index in [0.717, 1.165) is 6.54 Å². The number of piperidine rings is 2. The SMILES string of the molecule is O=C1C[C@H]2OCC=C3CN4CC[C@]56c7ccccc7N1[C@@H]5[C@H]2[C@H]3C[C@H]46. The lowest BCUT2D eigenvalue weighted by Crippen LogP contribution is -2.69. The van der Waals surface area contributed by atoms with Gasteiger partial charge in [-0.2, -0.15) is 0 Å². The number of anilines is 1. The number of carbonyl (C=O) groups excluding carboxylic acids is 1. The van der Waals surface area contributed by atoms with E-state index < -0.39 is 0 Å². The van der Waals surface area contributed by atoms with Gasteiger partial charge in [0.25, 0.3) is 0 Å². The third kappa shape index (κ3) is 1.33. The fourth-order valence-electron chi connectivity index (χ4n) is 7.51. The quantitative estimate of drug-likeness (QED) is 0.681. The van der Waals surface area contributed by atoms with Crippen LogP contribution in [0, 0.1) is 11.8 Å². The van der Waals surface area contributed by atoms with Gasteiger partial charge in [-0.3, -0.25) is 9.69 Å². The van der Waals surface area contributed by atoms with E-state index in [9.17, 15) is 4.79 Å². The summed E-state index contributed by atoms with van der Waals surface area (Å²) in [5.74, 6) is 1.35. The molecule has 1 aromatic carbocycles. The van der Waals surface area contributed by atoms with Crippen molar-refractivity contribution in [2.45, 2.75) is 42.9 Å². The van der Waals surface area contributed by atoms with Gasteiger partial charge in [0, 0.05) is 29.6 Å². The number of amides is 1. The number of ether oxygens (including phenoxy) is 1. The maximum absolute atomic E-state index is 13.2. The molecule has 25 heavy (non-hydrogen) atoms. The van der Waals surface area contributed by atoms with Crippen molar-refractivity contribution in [1.82, 2.24) is 4.90 Å². The Morgan fingerprint density at radius 3 is 3.12 bits per heavy atom. The highest BCUT2D eigenvalue weighted by Gasteiger charge is 2.70. The normalized spacial score (nSPS) is 45.9. The van der Waals surface area contributed by atoms with Gasteiger partial charge < -0.3 is 9.64 Å². The summed E-state index contributed by atoms with van der Waals surface area (Å²) in [6.45, 7) is 2.97. The molecule has 3 saturated heterocycles. The van der Waals surface area contributed by atoms with Crippen LogP contribution in [0.4, 0.5) is 5.69 Å². The minimum absolute atomic E-state index is 0.104. The fourth-order valence-corrected chi connectivity index (χ4v) is 7.51. The second kappa shape index (κ2) is 4.18. The van der Waals surface area contributed by atoms with E-state index in [4.69, 9.17) is 4.74 Å². The average Bonchev–Trinajstić information content (AvgIpc) is 3.10. The molecule has 6 atom stereocenters. The lowest BCUT2D eigenvalue weighted by molar-refractivity contribution is -0.132. The van der Waals surface area contributed by atoms with E-state index in [1.807, 2.05) is 0 Å². The molecule has 1 saturated carbocycles. The molecule has 7 rings (SSSR count). The van der Waals surface area contributed by atoms with Crippen LogP contribution in [-0.4, -0.2) is 48.7 Å². The van der Waals surface area contributed by atoms with Gasteiger partial charge in [-0.1, -0.05) is 29.8 Å². The minimum atomic E-state index is 0.104. The van der Waals surface area contributed by atoms with Gasteiger partial charge in [-0.05, 0) is 36.9 Å². The average molecular weight is 334 g/mol. The number of hydrogen-bond donors (Lipinski definition) is 0. The molecular weight excluding hydrogens is 312 g/mol. The summed E-state index contributed by atoms with van der Waals surface area (Å²) >= 11 is 0. The van der Waals surface area contributed by atoms with Crippen molar-refractivity contribution in [2.75, 3.05) is 24.6 Å². The first-order chi connectivity index (χ1) is 12.3. The molecule has 1 spiro atoms. The molecule has 5 aliphatic heterocycles. The monoisotopic (exact) mass is 334 g/mol. The Hall–Kier alpha value is -1.65. The molecule has 0 aromatic heterocycles. The van der Waals surface area contributed by atoms with Gasteiger partial charge in [0.05, 0.1) is 25.2 Å². The van der Waals surface area contributed by atoms with Gasteiger partial charge in [-0.25, -0.2) is 0 Å². The van der Waals surface area contributed by atoms with Gasteiger partial charge in [0.15, 0.2) is 0 Å². The molecular formula is C21H22N2O2. The number of para-hydroxylation sites is 1. The summed E-state index contributed by atoms with van der Waals surface area (Å²) in [4.78, 5) is 18.1. The molecule has 4 heteroatoms. The zero-order chi connectivity index (χ0) is 16.3. The summed E-state index contributed by atoms with van der Waals surface area (Å²) in [6, 6.07) is 9.64. The Morgan fingerprint density at radius 1 is 1.24 bits per heavy atom. The molecule has 0 radical (unpaired) electrons. The number of benzene rings is 1. The van der Waals surface area contributed by atoms with Crippen LogP contribution in [0.25, 0.3) is 0 Å². The standard InChI is InChI=1S/C21H22N2O2/c24-18-10-16-19-13-9-17-21(6-7-22(17)11-12(13)5-8-25-16)14-3-1-2-4-15(14)23(18)20(19)21/h1-5,13,16-17,19-20H,6-11H2/t13-,16+,17-,19-,20+,21+/m0/s1. The topological polar surface area (TPSA) is 32.8 Å².